The highest BCUT2D eigenvalue weighted by Gasteiger charge is 2.32. The van der Waals surface area contributed by atoms with Crippen LogP contribution in [0, 0.1) is 6.92 Å². The normalized spacial score (nSPS) is 14.8. The molecule has 32 heavy (non-hydrogen) atoms. The van der Waals surface area contributed by atoms with Crippen molar-refractivity contribution in [3.8, 4) is 0 Å². The molecule has 0 radical (unpaired) electrons. The van der Waals surface area contributed by atoms with E-state index in [0.717, 1.165) is 31.4 Å². The van der Waals surface area contributed by atoms with Crippen LogP contribution in [-0.4, -0.2) is 34.4 Å². The zero-order valence-corrected chi connectivity index (χ0v) is 18.6. The first kappa shape index (κ1) is 22.7. The molecule has 1 amide bonds. The van der Waals surface area contributed by atoms with Gasteiger partial charge in [-0.15, -0.1) is 0 Å². The molecule has 0 saturated carbocycles. The van der Waals surface area contributed by atoms with Crippen LogP contribution in [-0.2, 0) is 6.18 Å². The molecule has 0 aliphatic carbocycles. The van der Waals surface area contributed by atoms with Crippen LogP contribution in [0.3, 0.4) is 0 Å². The monoisotopic (exact) mass is 482 g/mol. The maximum atomic E-state index is 13.4. The number of hydrogen-bond acceptors (Lipinski definition) is 2. The Bertz CT molecular complexity index is 1230. The average molecular weight is 483 g/mol. The van der Waals surface area contributed by atoms with Gasteiger partial charge in [-0.1, -0.05) is 23.2 Å². The number of alkyl halides is 3. The van der Waals surface area contributed by atoms with Gasteiger partial charge in [-0.2, -0.15) is 13.2 Å². The zero-order valence-electron chi connectivity index (χ0n) is 17.1. The fourth-order valence-corrected chi connectivity index (χ4v) is 4.74. The van der Waals surface area contributed by atoms with Gasteiger partial charge in [0.05, 0.1) is 32.3 Å². The standard InChI is InChI=1S/C23H19Cl2F3N2O2/c1-13-11-15(23(26,27)28)12-14-7-10-30(20(13)14)22(32)18-17(24)6-5-16(19(18)25)21(31)29-8-3-2-4-9-29/h5-7,10-12H,2-4,8-9H2,1H3. The Labute approximate surface area is 192 Å². The van der Waals surface area contributed by atoms with Crippen molar-refractivity contribution in [1.29, 1.82) is 0 Å². The molecule has 4 nitrogen and oxygen atoms in total. The summed E-state index contributed by atoms with van der Waals surface area (Å²) in [5.74, 6) is -0.894. The lowest BCUT2D eigenvalue weighted by atomic mass is 10.1. The lowest BCUT2D eigenvalue weighted by Gasteiger charge is -2.27. The van der Waals surface area contributed by atoms with Crippen LogP contribution in [0.5, 0.6) is 0 Å². The molecule has 0 spiro atoms. The van der Waals surface area contributed by atoms with Crippen LogP contribution in [0.25, 0.3) is 10.9 Å². The van der Waals surface area contributed by atoms with Crippen molar-refractivity contribution < 1.29 is 22.8 Å². The van der Waals surface area contributed by atoms with Crippen molar-refractivity contribution in [2.45, 2.75) is 32.4 Å². The molecule has 4 rings (SSSR count). The molecule has 0 bridgehead atoms. The van der Waals surface area contributed by atoms with E-state index in [1.807, 2.05) is 0 Å². The van der Waals surface area contributed by atoms with Gasteiger partial charge in [0.15, 0.2) is 0 Å². The van der Waals surface area contributed by atoms with Crippen LogP contribution >= 0.6 is 23.2 Å². The van der Waals surface area contributed by atoms with Gasteiger partial charge >= 0.3 is 6.18 Å². The van der Waals surface area contributed by atoms with Crippen molar-refractivity contribution in [2.24, 2.45) is 0 Å². The molecule has 1 aromatic heterocycles. The molecular formula is C23H19Cl2F3N2O2. The second-order valence-corrected chi connectivity index (χ2v) is 8.64. The van der Waals surface area contributed by atoms with E-state index in [1.54, 1.807) is 4.90 Å². The number of aryl methyl sites for hydroxylation is 1. The molecule has 1 fully saturated rings. The Morgan fingerprint density at radius 2 is 1.66 bits per heavy atom. The maximum Gasteiger partial charge on any atom is 0.416 e. The predicted molar refractivity (Wildman–Crippen MR) is 118 cm³/mol. The first-order valence-electron chi connectivity index (χ1n) is 10.1. The molecule has 9 heteroatoms. The van der Waals surface area contributed by atoms with Gasteiger partial charge in [-0.25, -0.2) is 0 Å². The molecule has 2 heterocycles. The largest absolute Gasteiger partial charge is 0.416 e. The lowest BCUT2D eigenvalue weighted by Crippen LogP contribution is -2.36. The van der Waals surface area contributed by atoms with Gasteiger partial charge in [-0.3, -0.25) is 14.2 Å². The topological polar surface area (TPSA) is 42.3 Å². The number of nitrogens with zero attached hydrogens (tertiary/aromatic N) is 2. The van der Waals surface area contributed by atoms with E-state index < -0.39 is 17.6 Å². The van der Waals surface area contributed by atoms with E-state index in [2.05, 4.69) is 0 Å². The van der Waals surface area contributed by atoms with E-state index >= 15 is 0 Å². The van der Waals surface area contributed by atoms with E-state index in [1.165, 1.54) is 35.9 Å². The fraction of sp³-hybridized carbons (Fsp3) is 0.304. The van der Waals surface area contributed by atoms with E-state index in [-0.39, 0.29) is 38.0 Å². The Kier molecular flexibility index (Phi) is 5.98. The van der Waals surface area contributed by atoms with E-state index in [4.69, 9.17) is 23.2 Å². The highest BCUT2D eigenvalue weighted by molar-refractivity contribution is 6.41. The number of fused-ring (bicyclic) bond motifs is 1. The van der Waals surface area contributed by atoms with Crippen LogP contribution < -0.4 is 0 Å². The van der Waals surface area contributed by atoms with Crippen molar-refractivity contribution in [1.82, 2.24) is 9.47 Å². The summed E-state index contributed by atoms with van der Waals surface area (Å²) in [4.78, 5) is 28.1. The summed E-state index contributed by atoms with van der Waals surface area (Å²) in [7, 11) is 0. The smallest absolute Gasteiger partial charge is 0.339 e. The second-order valence-electron chi connectivity index (χ2n) is 7.86. The number of amides is 1. The summed E-state index contributed by atoms with van der Waals surface area (Å²) in [5.41, 5.74) is -0.0800. The maximum absolute atomic E-state index is 13.4. The Hall–Kier alpha value is -2.51. The molecule has 2 aromatic carbocycles. The molecule has 1 aliphatic heterocycles. The first-order chi connectivity index (χ1) is 15.1. The highest BCUT2D eigenvalue weighted by atomic mass is 35.5. The number of carbonyl (C=O) groups is 2. The van der Waals surface area contributed by atoms with Gasteiger partial charge < -0.3 is 4.90 Å². The summed E-state index contributed by atoms with van der Waals surface area (Å²) in [6.07, 6.45) is -0.265. The van der Waals surface area contributed by atoms with Gasteiger partial charge in [-0.05, 0) is 62.1 Å². The molecule has 3 aromatic rings. The van der Waals surface area contributed by atoms with Crippen molar-refractivity contribution in [3.05, 3.63) is 68.8 Å². The molecule has 168 valence electrons. The third-order valence-corrected chi connectivity index (χ3v) is 6.41. The Morgan fingerprint density at radius 3 is 2.31 bits per heavy atom. The Morgan fingerprint density at radius 1 is 0.969 bits per heavy atom. The number of aromatic nitrogens is 1. The second kappa shape index (κ2) is 8.45. The third-order valence-electron chi connectivity index (χ3n) is 5.70. The minimum atomic E-state index is -4.50. The number of benzene rings is 2. The van der Waals surface area contributed by atoms with Crippen molar-refractivity contribution in [2.75, 3.05) is 13.1 Å². The number of hydrogen-bond donors (Lipinski definition) is 0. The first-order valence-corrected chi connectivity index (χ1v) is 10.9. The van der Waals surface area contributed by atoms with Crippen LogP contribution in [0.2, 0.25) is 10.0 Å². The number of halogens is 5. The minimum Gasteiger partial charge on any atom is -0.339 e. The Balaban J connectivity index is 1.78. The van der Waals surface area contributed by atoms with Crippen molar-refractivity contribution >= 4 is 45.9 Å². The quantitative estimate of drug-likeness (QED) is 0.413. The summed E-state index contributed by atoms with van der Waals surface area (Å²) < 4.78 is 40.7. The lowest BCUT2D eigenvalue weighted by molar-refractivity contribution is -0.137. The third kappa shape index (κ3) is 3.99. The van der Waals surface area contributed by atoms with Gasteiger partial charge in [0.2, 0.25) is 0 Å². The van der Waals surface area contributed by atoms with Gasteiger partial charge in [0, 0.05) is 24.7 Å². The van der Waals surface area contributed by atoms with Crippen molar-refractivity contribution in [3.63, 3.8) is 0 Å². The fourth-order valence-electron chi connectivity index (χ4n) is 4.13. The SMILES string of the molecule is Cc1cc(C(F)(F)F)cc2ccn(C(=O)c3c(Cl)ccc(C(=O)N4CCCCC4)c3Cl)c12. The number of likely N-dealkylation sites (tertiary alicyclic amines) is 1. The summed E-state index contributed by atoms with van der Waals surface area (Å²) in [6, 6.07) is 6.35. The zero-order chi connectivity index (χ0) is 23.2. The molecule has 0 atom stereocenters. The summed E-state index contributed by atoms with van der Waals surface area (Å²) in [5, 5.41) is 0.254. The predicted octanol–water partition coefficient (Wildman–Crippen LogP) is 6.59. The number of rotatable bonds is 2. The molecule has 1 saturated heterocycles. The molecule has 0 N–H and O–H groups in total. The molecule has 1 aliphatic rings. The number of piperidine rings is 1. The summed E-state index contributed by atoms with van der Waals surface area (Å²) in [6.45, 7) is 2.73. The minimum absolute atomic E-state index is 0.0570. The van der Waals surface area contributed by atoms with Crippen LogP contribution in [0.15, 0.2) is 36.5 Å². The molecule has 0 unspecified atom stereocenters. The van der Waals surface area contributed by atoms with Crippen LogP contribution in [0.1, 0.15) is 51.1 Å². The molecular weight excluding hydrogens is 464 g/mol. The number of carbonyl (C=O) groups excluding carboxylic acids is 2. The summed E-state index contributed by atoms with van der Waals surface area (Å²) >= 11 is 12.8. The van der Waals surface area contributed by atoms with Crippen LogP contribution in [0.4, 0.5) is 13.2 Å². The van der Waals surface area contributed by atoms with Gasteiger partial charge in [0.1, 0.15) is 0 Å². The van der Waals surface area contributed by atoms with E-state index in [9.17, 15) is 22.8 Å². The van der Waals surface area contributed by atoms with Gasteiger partial charge in [0.25, 0.3) is 11.8 Å². The average Bonchev–Trinajstić information content (AvgIpc) is 3.18. The highest BCUT2D eigenvalue weighted by Crippen LogP contribution is 2.35. The van der Waals surface area contributed by atoms with E-state index in [0.29, 0.717) is 18.6 Å².